The Labute approximate surface area is 166 Å². The molecule has 3 N–H and O–H groups in total. The number of hydrogen-bond acceptors (Lipinski definition) is 5. The number of anilines is 1. The highest BCUT2D eigenvalue weighted by atomic mass is 32.2. The largest absolute Gasteiger partial charge is 0.370 e. The number of carbonyl (C=O) groups is 2. The van der Waals surface area contributed by atoms with Gasteiger partial charge in [0.2, 0.25) is 11.8 Å². The van der Waals surface area contributed by atoms with E-state index in [1.807, 2.05) is 18.4 Å². The van der Waals surface area contributed by atoms with Gasteiger partial charge in [0.25, 0.3) is 0 Å². The number of amides is 2. The Kier molecular flexibility index (Phi) is 7.50. The molecule has 2 rings (SSSR count). The Balaban J connectivity index is 2.10. The zero-order chi connectivity index (χ0) is 20.8. The highest BCUT2D eigenvalue weighted by Crippen LogP contribution is 2.25. The summed E-state index contributed by atoms with van der Waals surface area (Å²) in [5, 5.41) is 10.8. The van der Waals surface area contributed by atoms with E-state index < -0.39 is 22.8 Å². The fourth-order valence-electron chi connectivity index (χ4n) is 2.40. The lowest BCUT2D eigenvalue weighted by Gasteiger charge is -2.15. The molecule has 0 saturated heterocycles. The molecule has 0 bridgehead atoms. The monoisotopic (exact) mass is 411 g/mol. The predicted molar refractivity (Wildman–Crippen MR) is 103 cm³/mol. The molecule has 1 aromatic heterocycles. The number of nitrogens with zero attached hydrogens (tertiary/aromatic N) is 3. The van der Waals surface area contributed by atoms with E-state index >= 15 is 0 Å². The molecular weight excluding hydrogens is 388 g/mol. The van der Waals surface area contributed by atoms with E-state index in [-0.39, 0.29) is 18.0 Å². The molecule has 1 heterocycles. The first-order valence-electron chi connectivity index (χ1n) is 8.80. The lowest BCUT2D eigenvalue weighted by Crippen LogP contribution is -2.23. The Morgan fingerprint density at radius 1 is 1.21 bits per heavy atom. The van der Waals surface area contributed by atoms with E-state index in [0.29, 0.717) is 29.9 Å². The normalized spacial score (nSPS) is 12.2. The number of aromatic nitrogens is 3. The number of nitrogens with two attached hydrogens (primary N) is 1. The van der Waals surface area contributed by atoms with Gasteiger partial charge in [0.1, 0.15) is 5.82 Å². The lowest BCUT2D eigenvalue weighted by atomic mass is 10.2. The zero-order valence-electron chi connectivity index (χ0n) is 15.9. The minimum atomic E-state index is -1.03. The molecule has 0 saturated carbocycles. The fraction of sp³-hybridized carbons (Fsp3) is 0.444. The average molecular weight is 411 g/mol. The second kappa shape index (κ2) is 9.63. The number of aryl methyl sites for hydroxylation is 1. The van der Waals surface area contributed by atoms with Crippen LogP contribution in [0.3, 0.4) is 0 Å². The van der Waals surface area contributed by atoms with Crippen molar-refractivity contribution in [3.05, 3.63) is 35.7 Å². The minimum absolute atomic E-state index is 0.160. The van der Waals surface area contributed by atoms with E-state index in [9.17, 15) is 18.4 Å². The smallest absolute Gasteiger partial charge is 0.237 e. The van der Waals surface area contributed by atoms with Crippen LogP contribution in [-0.2, 0) is 22.6 Å². The van der Waals surface area contributed by atoms with E-state index in [0.717, 1.165) is 12.1 Å². The van der Waals surface area contributed by atoms with Gasteiger partial charge in [0.15, 0.2) is 16.8 Å². The summed E-state index contributed by atoms with van der Waals surface area (Å²) in [6, 6.07) is 3.16. The van der Waals surface area contributed by atoms with Crippen molar-refractivity contribution in [2.75, 3.05) is 5.32 Å². The quantitative estimate of drug-likeness (QED) is 0.618. The van der Waals surface area contributed by atoms with Crippen molar-refractivity contribution in [3.8, 4) is 0 Å². The second-order valence-electron chi connectivity index (χ2n) is 6.75. The maximum Gasteiger partial charge on any atom is 0.237 e. The van der Waals surface area contributed by atoms with Crippen LogP contribution in [0.4, 0.5) is 14.5 Å². The topological polar surface area (TPSA) is 103 Å². The maximum atomic E-state index is 13.3. The number of nitrogens with one attached hydrogen (secondary N) is 1. The van der Waals surface area contributed by atoms with Gasteiger partial charge in [-0.2, -0.15) is 0 Å². The van der Waals surface area contributed by atoms with Crippen molar-refractivity contribution in [2.45, 2.75) is 50.6 Å². The summed E-state index contributed by atoms with van der Waals surface area (Å²) >= 11 is 1.20. The van der Waals surface area contributed by atoms with Gasteiger partial charge in [-0.3, -0.25) is 9.59 Å². The van der Waals surface area contributed by atoms with E-state index in [1.54, 1.807) is 6.92 Å². The molecule has 0 radical (unpaired) electrons. The van der Waals surface area contributed by atoms with Gasteiger partial charge in [-0.1, -0.05) is 25.6 Å². The Morgan fingerprint density at radius 2 is 1.93 bits per heavy atom. The number of halogens is 2. The van der Waals surface area contributed by atoms with Gasteiger partial charge in [-0.25, -0.2) is 8.78 Å². The number of thioether (sulfide) groups is 1. The first-order valence-corrected chi connectivity index (χ1v) is 9.68. The summed E-state index contributed by atoms with van der Waals surface area (Å²) < 4.78 is 28.2. The molecule has 0 spiro atoms. The van der Waals surface area contributed by atoms with Crippen LogP contribution in [0.25, 0.3) is 0 Å². The lowest BCUT2D eigenvalue weighted by molar-refractivity contribution is -0.118. The average Bonchev–Trinajstić information content (AvgIpc) is 2.97. The second-order valence-corrected chi connectivity index (χ2v) is 8.06. The molecule has 1 aromatic carbocycles. The van der Waals surface area contributed by atoms with Crippen LogP contribution in [0.15, 0.2) is 23.4 Å². The van der Waals surface area contributed by atoms with Crippen LogP contribution in [0.5, 0.6) is 0 Å². The molecule has 2 aromatic rings. The molecular formula is C18H23F2N5O2S. The van der Waals surface area contributed by atoms with Gasteiger partial charge in [-0.05, 0) is 25.0 Å². The summed E-state index contributed by atoms with van der Waals surface area (Å²) in [5.41, 5.74) is 5.38. The third kappa shape index (κ3) is 6.01. The summed E-state index contributed by atoms with van der Waals surface area (Å²) in [5.74, 6) is -1.89. The van der Waals surface area contributed by atoms with Crippen LogP contribution >= 0.6 is 11.8 Å². The number of primary amides is 1. The van der Waals surface area contributed by atoms with Crippen molar-refractivity contribution in [3.63, 3.8) is 0 Å². The number of hydrogen-bond donors (Lipinski definition) is 2. The summed E-state index contributed by atoms with van der Waals surface area (Å²) in [4.78, 5) is 23.5. The van der Waals surface area contributed by atoms with Gasteiger partial charge < -0.3 is 15.6 Å². The Hall–Kier alpha value is -2.49. The van der Waals surface area contributed by atoms with Crippen LogP contribution < -0.4 is 11.1 Å². The van der Waals surface area contributed by atoms with Crippen LogP contribution in [0.2, 0.25) is 0 Å². The van der Waals surface area contributed by atoms with E-state index in [2.05, 4.69) is 15.5 Å². The minimum Gasteiger partial charge on any atom is -0.370 e. The summed E-state index contributed by atoms with van der Waals surface area (Å²) in [6.45, 7) is 6.37. The van der Waals surface area contributed by atoms with Crippen LogP contribution in [0, 0.1) is 17.6 Å². The van der Waals surface area contributed by atoms with E-state index in [4.69, 9.17) is 5.73 Å². The number of carbonyl (C=O) groups excluding carboxylic acids is 2. The molecule has 28 heavy (non-hydrogen) atoms. The van der Waals surface area contributed by atoms with Crippen molar-refractivity contribution in [1.82, 2.24) is 14.8 Å². The van der Waals surface area contributed by atoms with E-state index in [1.165, 1.54) is 17.8 Å². The molecule has 152 valence electrons. The SMILES string of the molecule is CC(C)Cn1c(CCC(N)=O)nnc1SC(C)C(=O)Nc1ccc(F)c(F)c1. The molecule has 1 unspecified atom stereocenters. The third-order valence-electron chi connectivity index (χ3n) is 3.77. The first kappa shape index (κ1) is 21.8. The van der Waals surface area contributed by atoms with Crippen LogP contribution in [0.1, 0.15) is 33.0 Å². The fourth-order valence-corrected chi connectivity index (χ4v) is 3.28. The predicted octanol–water partition coefficient (Wildman–Crippen LogP) is 2.75. The number of benzene rings is 1. The number of rotatable bonds is 9. The van der Waals surface area contributed by atoms with Crippen molar-refractivity contribution < 1.29 is 18.4 Å². The molecule has 10 heteroatoms. The van der Waals surface area contributed by atoms with Gasteiger partial charge in [0.05, 0.1) is 5.25 Å². The highest BCUT2D eigenvalue weighted by Gasteiger charge is 2.21. The summed E-state index contributed by atoms with van der Waals surface area (Å²) in [6.07, 6.45) is 0.526. The van der Waals surface area contributed by atoms with Gasteiger partial charge in [-0.15, -0.1) is 10.2 Å². The Morgan fingerprint density at radius 3 is 2.54 bits per heavy atom. The van der Waals surface area contributed by atoms with Crippen molar-refractivity contribution in [1.29, 1.82) is 0 Å². The molecule has 7 nitrogen and oxygen atoms in total. The first-order chi connectivity index (χ1) is 13.2. The summed E-state index contributed by atoms with van der Waals surface area (Å²) in [7, 11) is 0. The Bertz CT molecular complexity index is 856. The standard InChI is InChI=1S/C18H23F2N5O2S/c1-10(2)9-25-16(7-6-15(21)26)23-24-18(25)28-11(3)17(27)22-12-4-5-13(19)14(20)8-12/h4-5,8,10-11H,6-7,9H2,1-3H3,(H2,21,26)(H,22,27). The molecule has 1 atom stereocenters. The molecule has 0 aliphatic rings. The van der Waals surface area contributed by atoms with Crippen molar-refractivity contribution in [2.24, 2.45) is 11.7 Å². The molecule has 0 fully saturated rings. The molecule has 2 amide bonds. The van der Waals surface area contributed by atoms with Crippen molar-refractivity contribution >= 4 is 29.3 Å². The third-order valence-corrected chi connectivity index (χ3v) is 4.86. The van der Waals surface area contributed by atoms with Gasteiger partial charge in [0, 0.05) is 31.1 Å². The highest BCUT2D eigenvalue weighted by molar-refractivity contribution is 8.00. The maximum absolute atomic E-state index is 13.3. The van der Waals surface area contributed by atoms with Gasteiger partial charge >= 0.3 is 0 Å². The molecule has 0 aliphatic heterocycles. The molecule has 0 aliphatic carbocycles. The van der Waals surface area contributed by atoms with Crippen LogP contribution in [-0.4, -0.2) is 31.8 Å². The zero-order valence-corrected chi connectivity index (χ0v) is 16.7.